The molecule has 1 aromatic heterocycles. The summed E-state index contributed by atoms with van der Waals surface area (Å²) in [7, 11) is 1.94. The van der Waals surface area contributed by atoms with Crippen LogP contribution in [0.4, 0.5) is 0 Å². The number of aryl methyl sites for hydroxylation is 2. The van der Waals surface area contributed by atoms with E-state index in [0.717, 1.165) is 26.4 Å². The molecule has 0 saturated heterocycles. The van der Waals surface area contributed by atoms with E-state index >= 15 is 0 Å². The highest BCUT2D eigenvalue weighted by molar-refractivity contribution is 9.10. The van der Waals surface area contributed by atoms with Crippen molar-refractivity contribution in [1.29, 1.82) is 0 Å². The lowest BCUT2D eigenvalue weighted by Crippen LogP contribution is -2.18. The monoisotopic (exact) mass is 327 g/mol. The fourth-order valence-corrected chi connectivity index (χ4v) is 2.79. The van der Waals surface area contributed by atoms with Crippen molar-refractivity contribution in [2.75, 3.05) is 7.05 Å². The summed E-state index contributed by atoms with van der Waals surface area (Å²) >= 11 is 9.57. The molecule has 0 bridgehead atoms. The Balaban J connectivity index is 2.52. The van der Waals surface area contributed by atoms with Crippen molar-refractivity contribution in [3.05, 3.63) is 56.4 Å². The summed E-state index contributed by atoms with van der Waals surface area (Å²) in [5.41, 5.74) is 4.54. The van der Waals surface area contributed by atoms with Crippen LogP contribution in [0.2, 0.25) is 5.02 Å². The third-order valence-electron chi connectivity index (χ3n) is 3.10. The van der Waals surface area contributed by atoms with Gasteiger partial charge in [0.2, 0.25) is 0 Å². The van der Waals surface area contributed by atoms with Gasteiger partial charge in [-0.1, -0.05) is 17.7 Å². The number of benzene rings is 1. The van der Waals surface area contributed by atoms with Gasteiger partial charge in [-0.3, -0.25) is 0 Å². The molecule has 0 saturated carbocycles. The highest BCUT2D eigenvalue weighted by Gasteiger charge is 2.19. The Labute approximate surface area is 120 Å². The molecule has 2 aromatic rings. The number of rotatable bonds is 3. The lowest BCUT2D eigenvalue weighted by molar-refractivity contribution is 0.530. The van der Waals surface area contributed by atoms with E-state index in [1.807, 2.05) is 26.1 Å². The zero-order valence-electron chi connectivity index (χ0n) is 10.6. The first kappa shape index (κ1) is 13.7. The summed E-state index contributed by atoms with van der Waals surface area (Å²) in [6, 6.07) is 6.19. The first-order valence-corrected chi connectivity index (χ1v) is 6.88. The minimum Gasteiger partial charge on any atom is -0.457 e. The van der Waals surface area contributed by atoms with Crippen molar-refractivity contribution in [1.82, 2.24) is 5.32 Å². The molecule has 1 N–H and O–H groups in total. The minimum atomic E-state index is 0.0918. The third kappa shape index (κ3) is 2.48. The molecule has 0 aliphatic carbocycles. The van der Waals surface area contributed by atoms with E-state index in [0.29, 0.717) is 0 Å². The molecule has 4 heteroatoms. The van der Waals surface area contributed by atoms with Gasteiger partial charge in [0.25, 0.3) is 0 Å². The van der Waals surface area contributed by atoms with Gasteiger partial charge in [-0.2, -0.15) is 0 Å². The van der Waals surface area contributed by atoms with E-state index in [9.17, 15) is 0 Å². The molecule has 0 amide bonds. The van der Waals surface area contributed by atoms with Crippen LogP contribution < -0.4 is 5.32 Å². The Morgan fingerprint density at radius 3 is 2.50 bits per heavy atom. The van der Waals surface area contributed by atoms with Crippen LogP contribution in [0.3, 0.4) is 0 Å². The van der Waals surface area contributed by atoms with Crippen LogP contribution in [0, 0.1) is 13.8 Å². The van der Waals surface area contributed by atoms with Crippen LogP contribution in [-0.4, -0.2) is 7.05 Å². The SMILES string of the molecule is CNC(c1cc(C)c(Cl)cc1C)c1ccoc1Br. The topological polar surface area (TPSA) is 25.2 Å². The maximum atomic E-state index is 6.14. The highest BCUT2D eigenvalue weighted by atomic mass is 79.9. The Morgan fingerprint density at radius 2 is 1.94 bits per heavy atom. The number of halogens is 2. The molecule has 2 rings (SSSR count). The van der Waals surface area contributed by atoms with Crippen LogP contribution in [0.15, 0.2) is 33.5 Å². The first-order chi connectivity index (χ1) is 8.54. The molecule has 96 valence electrons. The van der Waals surface area contributed by atoms with Crippen molar-refractivity contribution in [3.8, 4) is 0 Å². The predicted octanol–water partition coefficient (Wildman–Crippen LogP) is 4.62. The van der Waals surface area contributed by atoms with Crippen LogP contribution >= 0.6 is 27.5 Å². The molecule has 1 aromatic carbocycles. The van der Waals surface area contributed by atoms with Gasteiger partial charge in [-0.05, 0) is 65.6 Å². The number of nitrogens with one attached hydrogen (secondary N) is 1. The standard InChI is InChI=1S/C14H15BrClNO/c1-8-7-12(16)9(2)6-11(8)13(17-3)10-4-5-18-14(10)15/h4-7,13,17H,1-3H3. The van der Waals surface area contributed by atoms with Crippen LogP contribution in [0.5, 0.6) is 0 Å². The van der Waals surface area contributed by atoms with Gasteiger partial charge < -0.3 is 9.73 Å². The zero-order chi connectivity index (χ0) is 13.3. The molecular weight excluding hydrogens is 314 g/mol. The maximum Gasteiger partial charge on any atom is 0.174 e. The normalized spacial score (nSPS) is 12.7. The van der Waals surface area contributed by atoms with Crippen molar-refractivity contribution in [2.45, 2.75) is 19.9 Å². The summed E-state index contributed by atoms with van der Waals surface area (Å²) < 4.78 is 6.07. The smallest absolute Gasteiger partial charge is 0.174 e. The second-order valence-electron chi connectivity index (χ2n) is 4.33. The minimum absolute atomic E-state index is 0.0918. The first-order valence-electron chi connectivity index (χ1n) is 5.71. The summed E-state index contributed by atoms with van der Waals surface area (Å²) in [6.45, 7) is 4.08. The Kier molecular flexibility index (Phi) is 4.15. The van der Waals surface area contributed by atoms with Crippen molar-refractivity contribution in [3.63, 3.8) is 0 Å². The van der Waals surface area contributed by atoms with E-state index in [-0.39, 0.29) is 6.04 Å². The van der Waals surface area contributed by atoms with E-state index in [1.165, 1.54) is 5.56 Å². The van der Waals surface area contributed by atoms with E-state index in [1.54, 1.807) is 6.26 Å². The molecule has 1 atom stereocenters. The van der Waals surface area contributed by atoms with Gasteiger partial charge in [0.1, 0.15) is 0 Å². The van der Waals surface area contributed by atoms with E-state index in [4.69, 9.17) is 16.0 Å². The van der Waals surface area contributed by atoms with Crippen LogP contribution in [-0.2, 0) is 0 Å². The lowest BCUT2D eigenvalue weighted by Gasteiger charge is -2.19. The fraction of sp³-hybridized carbons (Fsp3) is 0.286. The van der Waals surface area contributed by atoms with Gasteiger partial charge in [-0.15, -0.1) is 0 Å². The largest absolute Gasteiger partial charge is 0.457 e. The molecule has 0 aliphatic heterocycles. The average Bonchev–Trinajstić information content (AvgIpc) is 2.73. The van der Waals surface area contributed by atoms with Crippen molar-refractivity contribution >= 4 is 27.5 Å². The average molecular weight is 329 g/mol. The Bertz CT molecular complexity index is 565. The summed E-state index contributed by atoms with van der Waals surface area (Å²) in [6.07, 6.45) is 1.68. The molecule has 0 radical (unpaired) electrons. The molecule has 0 fully saturated rings. The third-order valence-corrected chi connectivity index (χ3v) is 4.16. The maximum absolute atomic E-state index is 6.14. The van der Waals surface area contributed by atoms with Gasteiger partial charge in [0.05, 0.1) is 12.3 Å². The van der Waals surface area contributed by atoms with Gasteiger partial charge in [0.15, 0.2) is 4.67 Å². The quantitative estimate of drug-likeness (QED) is 0.889. The lowest BCUT2D eigenvalue weighted by atomic mass is 9.95. The van der Waals surface area contributed by atoms with Crippen molar-refractivity contribution < 1.29 is 4.42 Å². The van der Waals surface area contributed by atoms with E-state index in [2.05, 4.69) is 34.2 Å². The van der Waals surface area contributed by atoms with Gasteiger partial charge in [-0.25, -0.2) is 0 Å². The number of furan rings is 1. The molecule has 0 aliphatic rings. The Hall–Kier alpha value is -0.770. The molecule has 0 spiro atoms. The van der Waals surface area contributed by atoms with Crippen LogP contribution in [0.25, 0.3) is 0 Å². The molecule has 1 unspecified atom stereocenters. The molecule has 1 heterocycles. The predicted molar refractivity (Wildman–Crippen MR) is 78.2 cm³/mol. The molecule has 2 nitrogen and oxygen atoms in total. The Morgan fingerprint density at radius 1 is 1.22 bits per heavy atom. The van der Waals surface area contributed by atoms with Crippen LogP contribution in [0.1, 0.15) is 28.3 Å². The zero-order valence-corrected chi connectivity index (χ0v) is 12.9. The molecule has 18 heavy (non-hydrogen) atoms. The molecular formula is C14H15BrClNO. The highest BCUT2D eigenvalue weighted by Crippen LogP contribution is 2.33. The summed E-state index contributed by atoms with van der Waals surface area (Å²) in [5.74, 6) is 0. The fourth-order valence-electron chi connectivity index (χ4n) is 2.10. The number of hydrogen-bond acceptors (Lipinski definition) is 2. The second-order valence-corrected chi connectivity index (χ2v) is 5.46. The number of hydrogen-bond donors (Lipinski definition) is 1. The summed E-state index contributed by atoms with van der Waals surface area (Å²) in [5, 5.41) is 4.12. The second kappa shape index (κ2) is 5.47. The van der Waals surface area contributed by atoms with Gasteiger partial charge in [0, 0.05) is 10.6 Å². The van der Waals surface area contributed by atoms with Crippen molar-refractivity contribution in [2.24, 2.45) is 0 Å². The summed E-state index contributed by atoms with van der Waals surface area (Å²) in [4.78, 5) is 0. The van der Waals surface area contributed by atoms with Gasteiger partial charge >= 0.3 is 0 Å². The van der Waals surface area contributed by atoms with E-state index < -0.39 is 0 Å².